The number of benzene rings is 2. The number of fused-ring (bicyclic) bond motifs is 3. The molecule has 0 fully saturated rings. The highest BCUT2D eigenvalue weighted by molar-refractivity contribution is 5.85. The van der Waals surface area contributed by atoms with Crippen molar-refractivity contribution in [3.05, 3.63) is 101 Å². The molecule has 164 valence electrons. The van der Waals surface area contributed by atoms with Crippen LogP contribution in [0.2, 0.25) is 0 Å². The van der Waals surface area contributed by atoms with Crippen LogP contribution in [0.3, 0.4) is 0 Å². The Morgan fingerprint density at radius 3 is 2.88 bits per heavy atom. The smallest absolute Gasteiger partial charge is 0.226 e. The zero-order valence-electron chi connectivity index (χ0n) is 18.4. The van der Waals surface area contributed by atoms with E-state index >= 15 is 0 Å². The van der Waals surface area contributed by atoms with E-state index in [1.54, 1.807) is 12.5 Å². The van der Waals surface area contributed by atoms with Gasteiger partial charge in [-0.2, -0.15) is 10.1 Å². The minimum absolute atomic E-state index is 0.235. The van der Waals surface area contributed by atoms with Gasteiger partial charge in [0.2, 0.25) is 5.95 Å². The second-order valence-corrected chi connectivity index (χ2v) is 8.14. The Kier molecular flexibility index (Phi) is 4.61. The first-order valence-electron chi connectivity index (χ1n) is 11.0. The number of rotatable bonds is 4. The van der Waals surface area contributed by atoms with Gasteiger partial charge >= 0.3 is 0 Å². The van der Waals surface area contributed by atoms with Gasteiger partial charge in [0.05, 0.1) is 12.3 Å². The van der Waals surface area contributed by atoms with Crippen LogP contribution >= 0.6 is 0 Å². The molecule has 0 bridgehead atoms. The minimum Gasteiger partial charge on any atom is -0.493 e. The number of ether oxygens (including phenoxy) is 2. The fourth-order valence-corrected chi connectivity index (χ4v) is 4.68. The fraction of sp³-hybridized carbons (Fsp3) is 0.192. The lowest BCUT2D eigenvalue weighted by molar-refractivity contribution is 0.215. The highest BCUT2D eigenvalue weighted by atomic mass is 16.5. The van der Waals surface area contributed by atoms with Crippen molar-refractivity contribution in [2.45, 2.75) is 26.0 Å². The van der Waals surface area contributed by atoms with Crippen molar-refractivity contribution in [1.29, 1.82) is 0 Å². The van der Waals surface area contributed by atoms with Gasteiger partial charge in [0.1, 0.15) is 23.9 Å². The maximum absolute atomic E-state index is 6.71. The van der Waals surface area contributed by atoms with Crippen LogP contribution in [0.1, 0.15) is 41.3 Å². The number of aromatic nitrogens is 4. The average molecular weight is 438 g/mol. The molecule has 2 aliphatic heterocycles. The van der Waals surface area contributed by atoms with E-state index < -0.39 is 0 Å². The fourth-order valence-electron chi connectivity index (χ4n) is 4.68. The standard InChI is InChI=1S/C26H23N5O2/c1-3-32-20-9-5-4-8-18(20)25-22-23(19-13-16(2)10-11-21(19)33-25)30-26-28-15-29-31(26)24(22)17-7-6-12-27-14-17/h4-15,24-25H,3H2,1-2H3,(H,28,29,30)/t24-,25-/m0/s1. The van der Waals surface area contributed by atoms with Gasteiger partial charge in [0.15, 0.2) is 6.10 Å². The van der Waals surface area contributed by atoms with Crippen molar-refractivity contribution in [2.75, 3.05) is 11.9 Å². The Bertz CT molecular complexity index is 1360. The van der Waals surface area contributed by atoms with Gasteiger partial charge in [-0.3, -0.25) is 4.98 Å². The molecule has 0 saturated carbocycles. The molecule has 0 unspecified atom stereocenters. The number of para-hydroxylation sites is 1. The van der Waals surface area contributed by atoms with Crippen molar-refractivity contribution in [3.63, 3.8) is 0 Å². The first-order chi connectivity index (χ1) is 16.2. The zero-order chi connectivity index (χ0) is 22.4. The van der Waals surface area contributed by atoms with E-state index in [4.69, 9.17) is 9.47 Å². The molecule has 4 aromatic rings. The Balaban J connectivity index is 1.64. The second-order valence-electron chi connectivity index (χ2n) is 8.14. The molecule has 2 aromatic heterocycles. The molecule has 0 radical (unpaired) electrons. The topological polar surface area (TPSA) is 74.1 Å². The Labute approximate surface area is 191 Å². The lowest BCUT2D eigenvalue weighted by atomic mass is 9.84. The number of hydrogen-bond donors (Lipinski definition) is 1. The normalized spacial score (nSPS) is 18.5. The van der Waals surface area contributed by atoms with E-state index in [2.05, 4.69) is 51.6 Å². The minimum atomic E-state index is -0.381. The highest BCUT2D eigenvalue weighted by Gasteiger charge is 2.41. The maximum atomic E-state index is 6.71. The van der Waals surface area contributed by atoms with E-state index in [0.717, 1.165) is 45.0 Å². The molecule has 0 aliphatic carbocycles. The summed E-state index contributed by atoms with van der Waals surface area (Å²) in [6.07, 6.45) is 4.85. The van der Waals surface area contributed by atoms with Crippen molar-refractivity contribution >= 4 is 11.6 Å². The predicted octanol–water partition coefficient (Wildman–Crippen LogP) is 4.94. The summed E-state index contributed by atoms with van der Waals surface area (Å²) in [7, 11) is 0. The van der Waals surface area contributed by atoms with Crippen LogP contribution in [0, 0.1) is 6.92 Å². The van der Waals surface area contributed by atoms with Crippen LogP contribution < -0.4 is 14.8 Å². The summed E-state index contributed by atoms with van der Waals surface area (Å²) in [6, 6.07) is 18.1. The predicted molar refractivity (Wildman–Crippen MR) is 125 cm³/mol. The molecule has 0 spiro atoms. The summed E-state index contributed by atoms with van der Waals surface area (Å²) in [5.74, 6) is 2.32. The first kappa shape index (κ1) is 19.5. The lowest BCUT2D eigenvalue weighted by Crippen LogP contribution is -2.32. The van der Waals surface area contributed by atoms with Crippen LogP contribution in [0.4, 0.5) is 5.95 Å². The molecule has 0 amide bonds. The molecule has 33 heavy (non-hydrogen) atoms. The molecular weight excluding hydrogens is 414 g/mol. The van der Waals surface area contributed by atoms with Crippen LogP contribution in [-0.4, -0.2) is 26.4 Å². The molecule has 7 heteroatoms. The Morgan fingerprint density at radius 1 is 1.12 bits per heavy atom. The molecule has 6 rings (SSSR count). The third kappa shape index (κ3) is 3.16. The number of nitrogens with zero attached hydrogens (tertiary/aromatic N) is 4. The quantitative estimate of drug-likeness (QED) is 0.487. The summed E-state index contributed by atoms with van der Waals surface area (Å²) in [5, 5.41) is 8.10. The van der Waals surface area contributed by atoms with Crippen LogP contribution in [0.15, 0.2) is 78.9 Å². The van der Waals surface area contributed by atoms with Gasteiger partial charge in [-0.25, -0.2) is 4.68 Å². The van der Waals surface area contributed by atoms with Crippen molar-refractivity contribution < 1.29 is 9.47 Å². The number of pyridine rings is 1. The van der Waals surface area contributed by atoms with E-state index in [-0.39, 0.29) is 12.1 Å². The number of nitrogens with one attached hydrogen (secondary N) is 1. The third-order valence-corrected chi connectivity index (χ3v) is 6.07. The maximum Gasteiger partial charge on any atom is 0.226 e. The summed E-state index contributed by atoms with van der Waals surface area (Å²) in [6.45, 7) is 4.65. The molecule has 2 aliphatic rings. The molecule has 0 saturated heterocycles. The zero-order valence-corrected chi connectivity index (χ0v) is 18.4. The largest absolute Gasteiger partial charge is 0.493 e. The van der Waals surface area contributed by atoms with Gasteiger partial charge < -0.3 is 14.8 Å². The van der Waals surface area contributed by atoms with Gasteiger partial charge in [-0.1, -0.05) is 35.9 Å². The van der Waals surface area contributed by atoms with E-state index in [1.807, 2.05) is 48.1 Å². The molecular formula is C26H23N5O2. The summed E-state index contributed by atoms with van der Waals surface area (Å²) in [5.41, 5.74) is 6.19. The molecule has 1 N–H and O–H groups in total. The molecule has 7 nitrogen and oxygen atoms in total. The van der Waals surface area contributed by atoms with E-state index in [9.17, 15) is 0 Å². The van der Waals surface area contributed by atoms with Crippen molar-refractivity contribution in [3.8, 4) is 11.5 Å². The average Bonchev–Trinajstić information content (AvgIpc) is 3.32. The van der Waals surface area contributed by atoms with Gasteiger partial charge in [0, 0.05) is 29.1 Å². The van der Waals surface area contributed by atoms with Crippen LogP contribution in [0.5, 0.6) is 11.5 Å². The first-order valence-corrected chi connectivity index (χ1v) is 11.0. The number of aryl methyl sites for hydroxylation is 1. The lowest BCUT2D eigenvalue weighted by Gasteiger charge is -2.39. The molecule has 2 atom stereocenters. The van der Waals surface area contributed by atoms with Crippen LogP contribution in [0.25, 0.3) is 5.70 Å². The van der Waals surface area contributed by atoms with Crippen LogP contribution in [-0.2, 0) is 0 Å². The van der Waals surface area contributed by atoms with Gasteiger partial charge in [-0.05, 0) is 43.7 Å². The Hall–Kier alpha value is -4.13. The summed E-state index contributed by atoms with van der Waals surface area (Å²) < 4.78 is 14.6. The number of anilines is 1. The van der Waals surface area contributed by atoms with Crippen molar-refractivity contribution in [2.24, 2.45) is 0 Å². The van der Waals surface area contributed by atoms with E-state index in [1.165, 1.54) is 0 Å². The summed E-state index contributed by atoms with van der Waals surface area (Å²) in [4.78, 5) is 8.87. The molecule has 2 aromatic carbocycles. The van der Waals surface area contributed by atoms with Gasteiger partial charge in [0.25, 0.3) is 0 Å². The highest BCUT2D eigenvalue weighted by Crippen LogP contribution is 2.51. The summed E-state index contributed by atoms with van der Waals surface area (Å²) >= 11 is 0. The van der Waals surface area contributed by atoms with Crippen molar-refractivity contribution in [1.82, 2.24) is 19.7 Å². The third-order valence-electron chi connectivity index (χ3n) is 6.07. The van der Waals surface area contributed by atoms with Gasteiger partial charge in [-0.15, -0.1) is 0 Å². The second kappa shape index (κ2) is 7.78. The monoisotopic (exact) mass is 437 g/mol. The number of hydrogen-bond acceptors (Lipinski definition) is 6. The Morgan fingerprint density at radius 2 is 2.03 bits per heavy atom. The van der Waals surface area contributed by atoms with E-state index in [0.29, 0.717) is 12.6 Å². The molecule has 4 heterocycles. The SMILES string of the molecule is CCOc1ccccc1[C@@H]1Oc2ccc(C)cc2C2=C1[C@H](c1cccnc1)n1ncnc1N2.